The van der Waals surface area contributed by atoms with Crippen LogP contribution in [0.15, 0.2) is 36.4 Å². The lowest BCUT2D eigenvalue weighted by Gasteiger charge is -2.10. The van der Waals surface area contributed by atoms with Gasteiger partial charge in [0.15, 0.2) is 0 Å². The summed E-state index contributed by atoms with van der Waals surface area (Å²) in [6.07, 6.45) is 0. The maximum atomic E-state index is 12.0. The van der Waals surface area contributed by atoms with Crippen molar-refractivity contribution in [1.29, 1.82) is 0 Å². The van der Waals surface area contributed by atoms with Gasteiger partial charge in [0.25, 0.3) is 11.4 Å². The summed E-state index contributed by atoms with van der Waals surface area (Å²) in [4.78, 5) is 44.3. The number of nitro groups is 2. The van der Waals surface area contributed by atoms with Crippen molar-refractivity contribution in [1.82, 2.24) is 0 Å². The zero-order valence-corrected chi connectivity index (χ0v) is 14.4. The molecular weight excluding hydrogens is 384 g/mol. The number of hydrogen-bond acceptors (Lipinski definition) is 7. The Labute approximate surface area is 156 Å². The highest BCUT2D eigenvalue weighted by atomic mass is 35.5. The van der Waals surface area contributed by atoms with Crippen molar-refractivity contribution < 1.29 is 24.2 Å². The average Bonchev–Trinajstić information content (AvgIpc) is 2.63. The molecule has 2 N–H and O–H groups in total. The van der Waals surface area contributed by atoms with Gasteiger partial charge in [0.2, 0.25) is 0 Å². The molecule has 0 saturated carbocycles. The van der Waals surface area contributed by atoms with E-state index in [9.17, 15) is 29.8 Å². The second-order valence-electron chi connectivity index (χ2n) is 4.97. The van der Waals surface area contributed by atoms with Gasteiger partial charge in [-0.25, -0.2) is 0 Å². The average molecular weight is 395 g/mol. The highest BCUT2D eigenvalue weighted by Gasteiger charge is 2.20. The lowest BCUT2D eigenvalue weighted by atomic mass is 10.2. The summed E-state index contributed by atoms with van der Waals surface area (Å²) in [7, 11) is 1.23. The molecule has 27 heavy (non-hydrogen) atoms. The van der Waals surface area contributed by atoms with Crippen LogP contribution in [0.5, 0.6) is 5.75 Å². The third kappa shape index (κ3) is 4.67. The quantitative estimate of drug-likeness (QED) is 0.448. The lowest BCUT2D eigenvalue weighted by molar-refractivity contribution is -0.385. The predicted molar refractivity (Wildman–Crippen MR) is 95.0 cm³/mol. The Morgan fingerprint density at radius 3 is 2.00 bits per heavy atom. The zero-order valence-electron chi connectivity index (χ0n) is 13.6. The van der Waals surface area contributed by atoms with Gasteiger partial charge in [-0.2, -0.15) is 0 Å². The maximum absolute atomic E-state index is 12.0. The molecule has 0 fully saturated rings. The van der Waals surface area contributed by atoms with Gasteiger partial charge >= 0.3 is 11.8 Å². The van der Waals surface area contributed by atoms with Gasteiger partial charge in [-0.05, 0) is 12.1 Å². The molecule has 0 spiro atoms. The number of methoxy groups -OCH3 is 1. The minimum atomic E-state index is -1.15. The Kier molecular flexibility index (Phi) is 5.88. The number of carbonyl (C=O) groups is 2. The van der Waals surface area contributed by atoms with Crippen molar-refractivity contribution in [2.24, 2.45) is 0 Å². The molecule has 0 radical (unpaired) electrons. The van der Waals surface area contributed by atoms with E-state index in [0.29, 0.717) is 0 Å². The zero-order chi connectivity index (χ0) is 20.1. The maximum Gasteiger partial charge on any atom is 0.314 e. The third-order valence-corrected chi connectivity index (χ3v) is 3.59. The Hall–Kier alpha value is -3.73. The lowest BCUT2D eigenvalue weighted by Crippen LogP contribution is -2.29. The molecule has 0 saturated heterocycles. The Morgan fingerprint density at radius 2 is 1.44 bits per heavy atom. The molecule has 0 unspecified atom stereocenters. The highest BCUT2D eigenvalue weighted by Crippen LogP contribution is 2.29. The fraction of sp³-hybridized carbons (Fsp3) is 0.0667. The Balaban J connectivity index is 2.17. The molecule has 11 nitrogen and oxygen atoms in total. The molecule has 0 bridgehead atoms. The highest BCUT2D eigenvalue weighted by molar-refractivity contribution is 6.45. The van der Waals surface area contributed by atoms with Gasteiger partial charge < -0.3 is 15.4 Å². The SMILES string of the molecule is COc1cc([N+](=O)[O-])ccc1NC(=O)C(=O)Nc1cc([N+](=O)[O-])ccc1Cl. The van der Waals surface area contributed by atoms with E-state index in [2.05, 4.69) is 10.6 Å². The van der Waals surface area contributed by atoms with E-state index in [-0.39, 0.29) is 33.5 Å². The van der Waals surface area contributed by atoms with Crippen LogP contribution in [0.2, 0.25) is 5.02 Å². The van der Waals surface area contributed by atoms with E-state index in [0.717, 1.165) is 24.3 Å². The second-order valence-corrected chi connectivity index (χ2v) is 5.38. The molecule has 2 aromatic carbocycles. The topological polar surface area (TPSA) is 154 Å². The van der Waals surface area contributed by atoms with Gasteiger partial charge in [-0.15, -0.1) is 0 Å². The standard InChI is InChI=1S/C15H11ClN4O7/c1-27-13-7-9(20(25)26)3-5-11(13)17-14(21)15(22)18-12-6-8(19(23)24)2-4-10(12)16/h2-7H,1H3,(H,17,21)(H,18,22). The number of anilines is 2. The van der Waals surface area contributed by atoms with Crippen LogP contribution in [-0.2, 0) is 9.59 Å². The van der Waals surface area contributed by atoms with Crippen molar-refractivity contribution in [3.63, 3.8) is 0 Å². The second kappa shape index (κ2) is 8.10. The number of non-ortho nitro benzene ring substituents is 2. The Bertz CT molecular complexity index is 948. The first kappa shape index (κ1) is 19.6. The molecule has 2 amide bonds. The van der Waals surface area contributed by atoms with Gasteiger partial charge in [-0.1, -0.05) is 11.6 Å². The van der Waals surface area contributed by atoms with Crippen molar-refractivity contribution >= 4 is 46.2 Å². The van der Waals surface area contributed by atoms with E-state index in [1.54, 1.807) is 0 Å². The molecule has 0 aromatic heterocycles. The molecule has 0 heterocycles. The number of hydrogen-bond donors (Lipinski definition) is 2. The molecule has 0 atom stereocenters. The molecule has 0 aliphatic rings. The molecule has 2 rings (SSSR count). The minimum Gasteiger partial charge on any atom is -0.494 e. The van der Waals surface area contributed by atoms with Crippen LogP contribution < -0.4 is 15.4 Å². The summed E-state index contributed by atoms with van der Waals surface area (Å²) in [6, 6.07) is 6.73. The van der Waals surface area contributed by atoms with Crippen molar-refractivity contribution in [2.45, 2.75) is 0 Å². The minimum absolute atomic E-state index is 0.00494. The summed E-state index contributed by atoms with van der Waals surface area (Å²) in [5, 5.41) is 25.9. The smallest absolute Gasteiger partial charge is 0.314 e. The first-order valence-electron chi connectivity index (χ1n) is 7.11. The number of nitrogens with one attached hydrogen (secondary N) is 2. The molecular formula is C15H11ClN4O7. The van der Waals surface area contributed by atoms with Crippen LogP contribution in [0.1, 0.15) is 0 Å². The van der Waals surface area contributed by atoms with Crippen molar-refractivity contribution in [3.05, 3.63) is 61.6 Å². The number of nitro benzene ring substituents is 2. The number of nitrogens with zero attached hydrogens (tertiary/aromatic N) is 2. The van der Waals surface area contributed by atoms with Crippen LogP contribution in [0.25, 0.3) is 0 Å². The largest absolute Gasteiger partial charge is 0.494 e. The molecule has 140 valence electrons. The Morgan fingerprint density at radius 1 is 0.926 bits per heavy atom. The predicted octanol–water partition coefficient (Wildman–Crippen LogP) is 2.74. The van der Waals surface area contributed by atoms with Crippen molar-refractivity contribution in [3.8, 4) is 5.75 Å². The van der Waals surface area contributed by atoms with Crippen LogP contribution in [0.3, 0.4) is 0 Å². The summed E-state index contributed by atoms with van der Waals surface area (Å²) in [6.45, 7) is 0. The summed E-state index contributed by atoms with van der Waals surface area (Å²) in [5.41, 5.74) is -0.695. The first-order valence-corrected chi connectivity index (χ1v) is 7.49. The monoisotopic (exact) mass is 394 g/mol. The van der Waals surface area contributed by atoms with Crippen LogP contribution in [-0.4, -0.2) is 28.8 Å². The normalized spacial score (nSPS) is 10.0. The fourth-order valence-corrected chi connectivity index (χ4v) is 2.14. The molecule has 0 aliphatic heterocycles. The molecule has 0 aliphatic carbocycles. The van der Waals surface area contributed by atoms with E-state index >= 15 is 0 Å². The van der Waals surface area contributed by atoms with E-state index < -0.39 is 21.7 Å². The van der Waals surface area contributed by atoms with Crippen LogP contribution in [0.4, 0.5) is 22.7 Å². The summed E-state index contributed by atoms with van der Waals surface area (Å²) < 4.78 is 4.95. The van der Waals surface area contributed by atoms with E-state index in [1.165, 1.54) is 19.2 Å². The van der Waals surface area contributed by atoms with Crippen molar-refractivity contribution in [2.75, 3.05) is 17.7 Å². The van der Waals surface area contributed by atoms with Crippen LogP contribution >= 0.6 is 11.6 Å². The van der Waals surface area contributed by atoms with Gasteiger partial charge in [0, 0.05) is 18.2 Å². The number of carbonyl (C=O) groups excluding carboxylic acids is 2. The van der Waals surface area contributed by atoms with E-state index in [1.807, 2.05) is 0 Å². The first-order chi connectivity index (χ1) is 12.7. The van der Waals surface area contributed by atoms with Gasteiger partial charge in [-0.3, -0.25) is 29.8 Å². The number of ether oxygens (including phenoxy) is 1. The van der Waals surface area contributed by atoms with E-state index in [4.69, 9.17) is 16.3 Å². The molecule has 2 aromatic rings. The number of benzene rings is 2. The summed E-state index contributed by atoms with van der Waals surface area (Å²) in [5.74, 6) is -2.32. The number of amides is 2. The number of rotatable bonds is 5. The number of halogens is 1. The summed E-state index contributed by atoms with van der Waals surface area (Å²) >= 11 is 5.85. The van der Waals surface area contributed by atoms with Gasteiger partial charge in [0.1, 0.15) is 5.75 Å². The van der Waals surface area contributed by atoms with Gasteiger partial charge in [0.05, 0.1) is 39.4 Å². The fourth-order valence-electron chi connectivity index (χ4n) is 1.98. The third-order valence-electron chi connectivity index (χ3n) is 3.26. The van der Waals surface area contributed by atoms with Crippen LogP contribution in [0, 0.1) is 20.2 Å². The molecule has 12 heteroatoms.